The minimum atomic E-state index is -1.28. The monoisotopic (exact) mass is 659 g/mol. The molecule has 0 radical (unpaired) electrons. The van der Waals surface area contributed by atoms with Crippen molar-refractivity contribution in [2.24, 2.45) is 11.5 Å². The fourth-order valence-electron chi connectivity index (χ4n) is 5.52. The van der Waals surface area contributed by atoms with Gasteiger partial charge in [0.25, 0.3) is 0 Å². The second-order valence-corrected chi connectivity index (χ2v) is 13.0. The maximum Gasteiger partial charge on any atom is 0.337 e. The first kappa shape index (κ1) is 33.6. The molecule has 246 valence electrons. The van der Waals surface area contributed by atoms with E-state index in [0.717, 1.165) is 44.2 Å². The molecule has 1 saturated heterocycles. The van der Waals surface area contributed by atoms with Gasteiger partial charge in [-0.2, -0.15) is 0 Å². The van der Waals surface area contributed by atoms with Crippen LogP contribution in [0, 0.1) is 0 Å². The van der Waals surface area contributed by atoms with E-state index in [1.54, 1.807) is 6.07 Å². The summed E-state index contributed by atoms with van der Waals surface area (Å²) in [5.41, 5.74) is 14.9. The van der Waals surface area contributed by atoms with Crippen LogP contribution in [0.3, 0.4) is 0 Å². The number of nitrogens with two attached hydrogens (primary N) is 2. The highest BCUT2D eigenvalue weighted by Crippen LogP contribution is 2.42. The average Bonchev–Trinajstić information content (AvgIpc) is 3.33. The summed E-state index contributed by atoms with van der Waals surface area (Å²) in [5.74, 6) is -1.99. The predicted molar refractivity (Wildman–Crippen MR) is 185 cm³/mol. The molecule has 1 fully saturated rings. The van der Waals surface area contributed by atoms with Gasteiger partial charge in [0, 0.05) is 67.1 Å². The van der Waals surface area contributed by atoms with Crippen LogP contribution in [0.1, 0.15) is 23.2 Å². The lowest BCUT2D eigenvalue weighted by molar-refractivity contribution is -0.122. The van der Waals surface area contributed by atoms with Gasteiger partial charge in [-0.15, -0.1) is 11.8 Å². The molecule has 2 aromatic rings. The van der Waals surface area contributed by atoms with Gasteiger partial charge in [0.05, 0.1) is 28.6 Å². The molecule has 12 nitrogen and oxygen atoms in total. The number of carboxylic acid groups (broad SMARTS) is 1. The van der Waals surface area contributed by atoms with E-state index in [4.69, 9.17) is 15.9 Å². The summed E-state index contributed by atoms with van der Waals surface area (Å²) in [7, 11) is 7.74. The van der Waals surface area contributed by atoms with Crippen molar-refractivity contribution in [3.8, 4) is 22.5 Å². The number of anilines is 2. The Labute approximate surface area is 276 Å². The molecule has 0 saturated carbocycles. The second-order valence-electron chi connectivity index (χ2n) is 11.8. The van der Waals surface area contributed by atoms with E-state index in [1.165, 1.54) is 12.1 Å². The number of hydrogen-bond donors (Lipinski definition) is 4. The SMILES string of the molecule is CN(C)c1ccc2c(-c3ccc(N4C(=O)CC(SC[C@H](N)C(=O)NCCCN)C4=O)c(C(=O)O)c3)c3ccc(=[N+](C)C)cc-3oc2c1. The Morgan fingerprint density at radius 3 is 2.57 bits per heavy atom. The fraction of sp³-hybridized carbons (Fsp3) is 0.324. The van der Waals surface area contributed by atoms with Crippen LogP contribution in [0.2, 0.25) is 0 Å². The van der Waals surface area contributed by atoms with Crippen molar-refractivity contribution in [2.45, 2.75) is 24.1 Å². The minimum Gasteiger partial charge on any atom is -0.478 e. The summed E-state index contributed by atoms with van der Waals surface area (Å²) < 4.78 is 8.35. The molecule has 5 rings (SSSR count). The molecule has 3 aliphatic rings. The van der Waals surface area contributed by atoms with Crippen LogP contribution in [0.4, 0.5) is 11.4 Å². The summed E-state index contributed by atoms with van der Waals surface area (Å²) >= 11 is 1.11. The average molecular weight is 660 g/mol. The lowest BCUT2D eigenvalue weighted by Crippen LogP contribution is -2.43. The van der Waals surface area contributed by atoms with Crippen LogP contribution >= 0.6 is 11.8 Å². The molecule has 6 N–H and O–H groups in total. The van der Waals surface area contributed by atoms with E-state index in [1.807, 2.05) is 74.1 Å². The van der Waals surface area contributed by atoms with Gasteiger partial charge < -0.3 is 31.2 Å². The fourth-order valence-corrected chi connectivity index (χ4v) is 6.62. The largest absolute Gasteiger partial charge is 0.478 e. The molecular weight excluding hydrogens is 620 g/mol. The van der Waals surface area contributed by atoms with Gasteiger partial charge in [0.1, 0.15) is 25.4 Å². The summed E-state index contributed by atoms with van der Waals surface area (Å²) in [5, 5.41) is 13.9. The van der Waals surface area contributed by atoms with Crippen molar-refractivity contribution in [3.05, 3.63) is 65.5 Å². The molecule has 0 spiro atoms. The number of benzene rings is 3. The minimum absolute atomic E-state index is 0.0119. The normalized spacial score (nSPS) is 15.4. The van der Waals surface area contributed by atoms with Gasteiger partial charge in [-0.25, -0.2) is 14.3 Å². The van der Waals surface area contributed by atoms with E-state index in [9.17, 15) is 24.3 Å². The van der Waals surface area contributed by atoms with Crippen LogP contribution in [-0.2, 0) is 14.4 Å². The predicted octanol–water partition coefficient (Wildman–Crippen LogP) is 2.16. The van der Waals surface area contributed by atoms with Gasteiger partial charge in [-0.3, -0.25) is 14.4 Å². The zero-order valence-corrected chi connectivity index (χ0v) is 27.6. The van der Waals surface area contributed by atoms with Crippen LogP contribution < -0.4 is 36.5 Å². The third-order valence-corrected chi connectivity index (χ3v) is 9.40. The number of thioether (sulfide) groups is 1. The van der Waals surface area contributed by atoms with E-state index in [0.29, 0.717) is 36.4 Å². The number of carboxylic acids is 1. The zero-order chi connectivity index (χ0) is 34.0. The number of imide groups is 1. The zero-order valence-electron chi connectivity index (χ0n) is 26.8. The van der Waals surface area contributed by atoms with Gasteiger partial charge in [-0.05, 0) is 48.9 Å². The second kappa shape index (κ2) is 14.0. The molecule has 47 heavy (non-hydrogen) atoms. The molecule has 2 atom stereocenters. The van der Waals surface area contributed by atoms with E-state index in [2.05, 4.69) is 5.32 Å². The maximum atomic E-state index is 13.5. The first-order chi connectivity index (χ1) is 22.4. The Morgan fingerprint density at radius 2 is 1.89 bits per heavy atom. The molecule has 2 aromatic carbocycles. The number of hydrogen-bond acceptors (Lipinski definition) is 9. The Morgan fingerprint density at radius 1 is 1.13 bits per heavy atom. The summed E-state index contributed by atoms with van der Waals surface area (Å²) in [6.45, 7) is 0.829. The van der Waals surface area contributed by atoms with Crippen molar-refractivity contribution in [3.63, 3.8) is 0 Å². The molecule has 1 aliphatic carbocycles. The van der Waals surface area contributed by atoms with Gasteiger partial charge in [0.2, 0.25) is 23.1 Å². The number of rotatable bonds is 11. The smallest absolute Gasteiger partial charge is 0.337 e. The van der Waals surface area contributed by atoms with Crippen molar-refractivity contribution in [1.29, 1.82) is 0 Å². The van der Waals surface area contributed by atoms with Crippen LogP contribution in [0.25, 0.3) is 33.4 Å². The standard InChI is InChI=1S/C34H38N6O6S/c1-38(2)20-7-9-22-27(15-20)46-28-16-21(39(3)4)8-10-23(28)31(22)19-6-11-26(24(14-19)34(44)45)40-30(41)17-29(33(40)43)47-18-25(36)32(42)37-13-5-12-35/h6-11,14-16,25,29H,5,12-13,17-18,35-36H2,1-4H3,(H-,37,42,44,45)/p+1/t25-,29?/m0/s1. The highest BCUT2D eigenvalue weighted by atomic mass is 32.2. The molecule has 13 heteroatoms. The number of amides is 3. The van der Waals surface area contributed by atoms with Crippen molar-refractivity contribution in [2.75, 3.05) is 56.8 Å². The Bertz CT molecular complexity index is 1920. The number of nitrogens with zero attached hydrogens (tertiary/aromatic N) is 3. The number of fused-ring (bicyclic) bond motifs is 2. The third kappa shape index (κ3) is 6.87. The Kier molecular flexibility index (Phi) is 9.99. The van der Waals surface area contributed by atoms with E-state index < -0.39 is 29.1 Å². The van der Waals surface area contributed by atoms with Crippen molar-refractivity contribution >= 4 is 57.8 Å². The molecule has 3 amide bonds. The van der Waals surface area contributed by atoms with Crippen LogP contribution in [0.5, 0.6) is 0 Å². The molecule has 0 aromatic heterocycles. The third-order valence-electron chi connectivity index (χ3n) is 8.08. The summed E-state index contributed by atoms with van der Waals surface area (Å²) in [6.07, 6.45) is 0.478. The molecule has 2 aliphatic heterocycles. The molecule has 2 heterocycles. The van der Waals surface area contributed by atoms with Gasteiger partial charge in [0.15, 0.2) is 0 Å². The number of carbonyl (C=O) groups is 4. The highest BCUT2D eigenvalue weighted by Gasteiger charge is 2.41. The van der Waals surface area contributed by atoms with Crippen molar-refractivity contribution in [1.82, 2.24) is 9.89 Å². The number of nitrogens with one attached hydrogen (secondary N) is 1. The topological polar surface area (TPSA) is 175 Å². The molecular formula is C34H39N6O6S+. The van der Waals surface area contributed by atoms with E-state index in [-0.39, 0.29) is 29.3 Å². The quantitative estimate of drug-likeness (QED) is 0.0808. The molecule has 0 bridgehead atoms. The Hall–Kier alpha value is -4.72. The van der Waals surface area contributed by atoms with E-state index >= 15 is 0 Å². The van der Waals surface area contributed by atoms with Gasteiger partial charge >= 0.3 is 5.97 Å². The maximum absolute atomic E-state index is 13.5. The summed E-state index contributed by atoms with van der Waals surface area (Å²) in [6, 6.07) is 15.5. The lowest BCUT2D eigenvalue weighted by Gasteiger charge is -2.20. The summed E-state index contributed by atoms with van der Waals surface area (Å²) in [4.78, 5) is 54.5. The first-order valence-corrected chi connectivity index (χ1v) is 16.2. The number of carbonyl (C=O) groups excluding carboxylic acids is 3. The van der Waals surface area contributed by atoms with Crippen LogP contribution in [-0.4, -0.2) is 87.1 Å². The lowest BCUT2D eigenvalue weighted by atomic mass is 9.92. The first-order valence-electron chi connectivity index (χ1n) is 15.2. The Balaban J connectivity index is 1.52. The van der Waals surface area contributed by atoms with Crippen molar-refractivity contribution < 1.29 is 28.7 Å². The number of aromatic carboxylic acids is 1. The highest BCUT2D eigenvalue weighted by molar-refractivity contribution is 8.00. The van der Waals surface area contributed by atoms with Gasteiger partial charge in [-0.1, -0.05) is 6.07 Å². The van der Waals surface area contributed by atoms with Crippen LogP contribution in [0.15, 0.2) is 59.0 Å². The molecule has 1 unspecified atom stereocenters.